The van der Waals surface area contributed by atoms with Gasteiger partial charge in [0.15, 0.2) is 4.96 Å². The molecule has 0 N–H and O–H groups in total. The van der Waals surface area contributed by atoms with Gasteiger partial charge in [0, 0.05) is 9.75 Å². The Morgan fingerprint density at radius 2 is 2.00 bits per heavy atom. The molecule has 0 aliphatic rings. The van der Waals surface area contributed by atoms with Crippen LogP contribution in [0.25, 0.3) is 22.1 Å². The molecular formula is C15H10N2OS2. The highest BCUT2D eigenvalue weighted by Gasteiger charge is 2.10. The lowest BCUT2D eigenvalue weighted by atomic mass is 10.3. The third-order valence-electron chi connectivity index (χ3n) is 3.18. The summed E-state index contributed by atoms with van der Waals surface area (Å²) in [5.74, 6) is 0. The minimum atomic E-state index is 0.0183. The van der Waals surface area contributed by atoms with Gasteiger partial charge in [-0.1, -0.05) is 23.5 Å². The molecule has 3 heterocycles. The van der Waals surface area contributed by atoms with Crippen LogP contribution in [0.2, 0.25) is 0 Å². The molecule has 0 spiro atoms. The van der Waals surface area contributed by atoms with Crippen molar-refractivity contribution in [2.45, 2.75) is 6.92 Å². The standard InChI is InChI=1S/C15H10N2OS2/c1-9-6-7-10(19-9)8-13-14(18)17-12-5-3-2-4-11(12)16-15(17)20-13/h2-8H,1H3/b13-8-. The maximum absolute atomic E-state index is 12.5. The highest BCUT2D eigenvalue weighted by molar-refractivity contribution is 7.15. The van der Waals surface area contributed by atoms with Gasteiger partial charge in [0.2, 0.25) is 0 Å². The minimum Gasteiger partial charge on any atom is -0.267 e. The van der Waals surface area contributed by atoms with Crippen molar-refractivity contribution < 1.29 is 0 Å². The first kappa shape index (κ1) is 11.8. The van der Waals surface area contributed by atoms with E-state index in [1.54, 1.807) is 15.7 Å². The number of aryl methyl sites for hydroxylation is 1. The summed E-state index contributed by atoms with van der Waals surface area (Å²) in [6.07, 6.45) is 1.95. The van der Waals surface area contributed by atoms with Crippen molar-refractivity contribution in [3.63, 3.8) is 0 Å². The molecule has 20 heavy (non-hydrogen) atoms. The number of benzene rings is 1. The maximum atomic E-state index is 12.5. The van der Waals surface area contributed by atoms with Gasteiger partial charge in [0.25, 0.3) is 5.56 Å². The van der Waals surface area contributed by atoms with Gasteiger partial charge in [-0.2, -0.15) is 0 Å². The molecule has 0 aliphatic heterocycles. The summed E-state index contributed by atoms with van der Waals surface area (Å²) < 4.78 is 2.44. The average molecular weight is 298 g/mol. The largest absolute Gasteiger partial charge is 0.274 e. The molecule has 5 heteroatoms. The highest BCUT2D eigenvalue weighted by Crippen LogP contribution is 2.17. The number of para-hydroxylation sites is 2. The van der Waals surface area contributed by atoms with Crippen LogP contribution in [0, 0.1) is 6.92 Å². The number of hydrogen-bond acceptors (Lipinski definition) is 4. The first-order chi connectivity index (χ1) is 9.72. The van der Waals surface area contributed by atoms with Crippen LogP contribution in [-0.2, 0) is 0 Å². The van der Waals surface area contributed by atoms with E-state index in [4.69, 9.17) is 0 Å². The summed E-state index contributed by atoms with van der Waals surface area (Å²) in [4.78, 5) is 20.1. The Morgan fingerprint density at radius 3 is 2.80 bits per heavy atom. The second-order valence-electron chi connectivity index (χ2n) is 4.58. The quantitative estimate of drug-likeness (QED) is 0.541. The normalized spacial score (nSPS) is 12.8. The molecule has 3 aromatic heterocycles. The van der Waals surface area contributed by atoms with Crippen molar-refractivity contribution in [1.82, 2.24) is 9.38 Å². The van der Waals surface area contributed by atoms with E-state index in [9.17, 15) is 4.79 Å². The lowest BCUT2D eigenvalue weighted by Gasteiger charge is -1.86. The number of thiazole rings is 1. The molecule has 0 atom stereocenters. The molecule has 0 unspecified atom stereocenters. The zero-order chi connectivity index (χ0) is 13.7. The van der Waals surface area contributed by atoms with Gasteiger partial charge >= 0.3 is 0 Å². The van der Waals surface area contributed by atoms with Crippen LogP contribution in [0.4, 0.5) is 0 Å². The monoisotopic (exact) mass is 298 g/mol. The molecule has 0 radical (unpaired) electrons. The van der Waals surface area contributed by atoms with E-state index in [0.29, 0.717) is 0 Å². The summed E-state index contributed by atoms with van der Waals surface area (Å²) in [5, 5.41) is 0. The second kappa shape index (κ2) is 4.26. The molecule has 0 bridgehead atoms. The van der Waals surface area contributed by atoms with Crippen LogP contribution in [0.1, 0.15) is 9.75 Å². The van der Waals surface area contributed by atoms with Gasteiger partial charge in [-0.15, -0.1) is 11.3 Å². The molecule has 4 aromatic rings. The first-order valence-corrected chi connectivity index (χ1v) is 7.84. The summed E-state index contributed by atoms with van der Waals surface area (Å²) in [6, 6.07) is 11.8. The molecule has 0 fully saturated rings. The van der Waals surface area contributed by atoms with Crippen LogP contribution < -0.4 is 10.1 Å². The maximum Gasteiger partial charge on any atom is 0.274 e. The average Bonchev–Trinajstić information content (AvgIpc) is 3.07. The Bertz CT molecular complexity index is 1040. The fraction of sp³-hybridized carbons (Fsp3) is 0.0667. The third-order valence-corrected chi connectivity index (χ3v) is 5.10. The minimum absolute atomic E-state index is 0.0183. The van der Waals surface area contributed by atoms with Crippen molar-refractivity contribution in [1.29, 1.82) is 0 Å². The number of imidazole rings is 1. The van der Waals surface area contributed by atoms with E-state index in [2.05, 4.69) is 18.0 Å². The van der Waals surface area contributed by atoms with E-state index < -0.39 is 0 Å². The topological polar surface area (TPSA) is 34.4 Å². The summed E-state index contributed by atoms with van der Waals surface area (Å²) in [5.41, 5.74) is 1.77. The Kier molecular flexibility index (Phi) is 2.52. The number of hydrogen-bond donors (Lipinski definition) is 0. The van der Waals surface area contributed by atoms with Crippen molar-refractivity contribution in [3.05, 3.63) is 61.0 Å². The smallest absolute Gasteiger partial charge is 0.267 e. The van der Waals surface area contributed by atoms with E-state index >= 15 is 0 Å². The van der Waals surface area contributed by atoms with E-state index in [1.807, 2.05) is 36.4 Å². The number of fused-ring (bicyclic) bond motifs is 3. The molecule has 0 amide bonds. The zero-order valence-corrected chi connectivity index (χ0v) is 12.3. The lowest BCUT2D eigenvalue weighted by molar-refractivity contribution is 1.19. The second-order valence-corrected chi connectivity index (χ2v) is 6.91. The fourth-order valence-corrected chi connectivity index (χ4v) is 4.15. The van der Waals surface area contributed by atoms with Crippen molar-refractivity contribution in [2.75, 3.05) is 0 Å². The number of aromatic nitrogens is 2. The van der Waals surface area contributed by atoms with E-state index in [-0.39, 0.29) is 5.56 Å². The molecule has 1 aromatic carbocycles. The Labute approximate surface area is 122 Å². The SMILES string of the molecule is Cc1ccc(/C=c2\sc3nc4ccccc4n3c2=O)s1. The van der Waals surface area contributed by atoms with Crippen LogP contribution in [0.3, 0.4) is 0 Å². The molecular weight excluding hydrogens is 288 g/mol. The molecule has 4 rings (SSSR count). The fourth-order valence-electron chi connectivity index (χ4n) is 2.27. The molecule has 0 saturated heterocycles. The van der Waals surface area contributed by atoms with Gasteiger partial charge < -0.3 is 0 Å². The van der Waals surface area contributed by atoms with Gasteiger partial charge in [0.05, 0.1) is 15.6 Å². The number of nitrogens with zero attached hydrogens (tertiary/aromatic N) is 2. The summed E-state index contributed by atoms with van der Waals surface area (Å²) in [6.45, 7) is 2.06. The van der Waals surface area contributed by atoms with E-state index in [1.165, 1.54) is 16.2 Å². The molecule has 3 nitrogen and oxygen atoms in total. The zero-order valence-electron chi connectivity index (χ0n) is 10.7. The molecule has 0 saturated carbocycles. The highest BCUT2D eigenvalue weighted by atomic mass is 32.1. The number of thiophene rings is 1. The van der Waals surface area contributed by atoms with Gasteiger partial charge in [-0.05, 0) is 37.3 Å². The van der Waals surface area contributed by atoms with Crippen molar-refractivity contribution in [2.24, 2.45) is 0 Å². The Hall–Kier alpha value is -1.98. The van der Waals surface area contributed by atoms with Gasteiger partial charge in [-0.25, -0.2) is 9.38 Å². The predicted molar refractivity (Wildman–Crippen MR) is 84.7 cm³/mol. The van der Waals surface area contributed by atoms with Crippen LogP contribution in [0.5, 0.6) is 0 Å². The van der Waals surface area contributed by atoms with Crippen LogP contribution >= 0.6 is 22.7 Å². The van der Waals surface area contributed by atoms with E-state index in [0.717, 1.165) is 25.4 Å². The van der Waals surface area contributed by atoms with Crippen molar-refractivity contribution in [3.8, 4) is 0 Å². The van der Waals surface area contributed by atoms with Crippen molar-refractivity contribution >= 4 is 44.7 Å². The Balaban J connectivity index is 2.05. The molecule has 0 aliphatic carbocycles. The molecule has 98 valence electrons. The van der Waals surface area contributed by atoms with Gasteiger partial charge in [-0.3, -0.25) is 4.79 Å². The van der Waals surface area contributed by atoms with Gasteiger partial charge in [0.1, 0.15) is 0 Å². The third kappa shape index (κ3) is 1.71. The first-order valence-electron chi connectivity index (χ1n) is 6.20. The summed E-state index contributed by atoms with van der Waals surface area (Å²) in [7, 11) is 0. The summed E-state index contributed by atoms with van der Waals surface area (Å²) >= 11 is 3.13. The lowest BCUT2D eigenvalue weighted by Crippen LogP contribution is -2.22. The van der Waals surface area contributed by atoms with Crippen LogP contribution in [0.15, 0.2) is 41.2 Å². The Morgan fingerprint density at radius 1 is 1.15 bits per heavy atom. The number of rotatable bonds is 1. The predicted octanol–water partition coefficient (Wildman–Crippen LogP) is 2.83. The van der Waals surface area contributed by atoms with Crippen LogP contribution in [-0.4, -0.2) is 9.38 Å².